The summed E-state index contributed by atoms with van der Waals surface area (Å²) in [5.41, 5.74) is 0.706. The molecule has 0 N–H and O–H groups in total. The molecule has 0 aliphatic heterocycles. The molecular formula is C20H26N2O5S. The molecule has 0 unspecified atom stereocenters. The molecule has 2 rings (SSSR count). The summed E-state index contributed by atoms with van der Waals surface area (Å²) in [6.07, 6.45) is 0.847. The van der Waals surface area contributed by atoms with Gasteiger partial charge in [0.05, 0.1) is 33.4 Å². The van der Waals surface area contributed by atoms with E-state index >= 15 is 0 Å². The Kier molecular flexibility index (Phi) is 7.80. The van der Waals surface area contributed by atoms with Crippen molar-refractivity contribution in [2.75, 3.05) is 27.9 Å². The van der Waals surface area contributed by atoms with Gasteiger partial charge in [-0.3, -0.25) is 4.79 Å². The van der Waals surface area contributed by atoms with Crippen molar-refractivity contribution < 1.29 is 23.8 Å². The van der Waals surface area contributed by atoms with Crippen LogP contribution in [0.2, 0.25) is 0 Å². The Morgan fingerprint density at radius 2 is 1.93 bits per heavy atom. The van der Waals surface area contributed by atoms with Crippen LogP contribution in [0.15, 0.2) is 23.6 Å². The maximum absolute atomic E-state index is 13.2. The molecule has 0 aliphatic rings. The van der Waals surface area contributed by atoms with Crippen molar-refractivity contribution in [3.63, 3.8) is 0 Å². The van der Waals surface area contributed by atoms with E-state index in [9.17, 15) is 9.59 Å². The van der Waals surface area contributed by atoms with Crippen LogP contribution >= 0.6 is 11.3 Å². The Hall–Kier alpha value is -2.61. The van der Waals surface area contributed by atoms with Gasteiger partial charge in [-0.05, 0) is 24.5 Å². The highest BCUT2D eigenvalue weighted by molar-refractivity contribution is 7.09. The summed E-state index contributed by atoms with van der Waals surface area (Å²) >= 11 is 1.33. The Bertz CT molecular complexity index is 819. The number of thiazole rings is 1. The van der Waals surface area contributed by atoms with E-state index in [4.69, 9.17) is 14.2 Å². The Balaban J connectivity index is 2.28. The van der Waals surface area contributed by atoms with Crippen molar-refractivity contribution in [2.24, 2.45) is 5.92 Å². The third-order valence-electron chi connectivity index (χ3n) is 4.18. The monoisotopic (exact) mass is 406 g/mol. The van der Waals surface area contributed by atoms with Crippen LogP contribution in [0.5, 0.6) is 11.5 Å². The third kappa shape index (κ3) is 5.45. The smallest absolute Gasteiger partial charge is 0.357 e. The van der Waals surface area contributed by atoms with Crippen molar-refractivity contribution in [3.8, 4) is 11.5 Å². The predicted octanol–water partition coefficient (Wildman–Crippen LogP) is 3.64. The van der Waals surface area contributed by atoms with E-state index in [1.165, 1.54) is 25.6 Å². The molecule has 0 atom stereocenters. The second-order valence-corrected chi connectivity index (χ2v) is 7.54. The quantitative estimate of drug-likeness (QED) is 0.592. The zero-order chi connectivity index (χ0) is 20.7. The van der Waals surface area contributed by atoms with Crippen molar-refractivity contribution >= 4 is 23.2 Å². The Labute approximate surface area is 169 Å². The molecular weight excluding hydrogens is 380 g/mol. The third-order valence-corrected chi connectivity index (χ3v) is 5.01. The molecule has 8 heteroatoms. The first kappa shape index (κ1) is 21.7. The molecule has 1 aromatic heterocycles. The van der Waals surface area contributed by atoms with E-state index in [0.717, 1.165) is 6.42 Å². The number of hydrogen-bond acceptors (Lipinski definition) is 7. The second kappa shape index (κ2) is 10.1. The highest BCUT2D eigenvalue weighted by Crippen LogP contribution is 2.27. The number of methoxy groups -OCH3 is 3. The van der Waals surface area contributed by atoms with Gasteiger partial charge in [-0.1, -0.05) is 13.8 Å². The van der Waals surface area contributed by atoms with Crippen LogP contribution in [0, 0.1) is 5.92 Å². The van der Waals surface area contributed by atoms with Crippen molar-refractivity contribution in [3.05, 3.63) is 39.8 Å². The maximum Gasteiger partial charge on any atom is 0.357 e. The first-order valence-corrected chi connectivity index (χ1v) is 9.81. The van der Waals surface area contributed by atoms with E-state index in [1.54, 1.807) is 35.6 Å². The lowest BCUT2D eigenvalue weighted by atomic mass is 10.1. The van der Waals surface area contributed by atoms with Crippen LogP contribution in [-0.2, 0) is 11.3 Å². The van der Waals surface area contributed by atoms with Crippen molar-refractivity contribution in [1.82, 2.24) is 9.88 Å². The molecule has 0 radical (unpaired) electrons. The summed E-state index contributed by atoms with van der Waals surface area (Å²) in [7, 11) is 4.40. The number of aromatic nitrogens is 1. The first-order valence-electron chi connectivity index (χ1n) is 8.93. The van der Waals surface area contributed by atoms with Gasteiger partial charge in [0.25, 0.3) is 5.91 Å². The van der Waals surface area contributed by atoms with E-state index < -0.39 is 5.97 Å². The summed E-state index contributed by atoms with van der Waals surface area (Å²) in [5.74, 6) is 0.863. The number of amides is 1. The zero-order valence-electron chi connectivity index (χ0n) is 16.9. The summed E-state index contributed by atoms with van der Waals surface area (Å²) in [6.45, 7) is 5.09. The molecule has 1 heterocycles. The Morgan fingerprint density at radius 1 is 1.18 bits per heavy atom. The molecule has 152 valence electrons. The highest BCUT2D eigenvalue weighted by atomic mass is 32.1. The summed E-state index contributed by atoms with van der Waals surface area (Å²) in [6, 6.07) is 5.12. The predicted molar refractivity (Wildman–Crippen MR) is 107 cm³/mol. The number of hydrogen-bond donors (Lipinski definition) is 0. The van der Waals surface area contributed by atoms with Gasteiger partial charge in [0.1, 0.15) is 16.5 Å². The normalized spacial score (nSPS) is 10.6. The van der Waals surface area contributed by atoms with Gasteiger partial charge >= 0.3 is 5.97 Å². The number of carbonyl (C=O) groups is 2. The van der Waals surface area contributed by atoms with Gasteiger partial charge in [-0.25, -0.2) is 9.78 Å². The maximum atomic E-state index is 13.2. The van der Waals surface area contributed by atoms with Gasteiger partial charge in [-0.15, -0.1) is 11.3 Å². The van der Waals surface area contributed by atoms with Crippen molar-refractivity contribution in [1.29, 1.82) is 0 Å². The van der Waals surface area contributed by atoms with Crippen LogP contribution in [0.25, 0.3) is 0 Å². The van der Waals surface area contributed by atoms with Gasteiger partial charge in [0.15, 0.2) is 5.69 Å². The first-order chi connectivity index (χ1) is 13.4. The fourth-order valence-electron chi connectivity index (χ4n) is 2.56. The molecule has 7 nitrogen and oxygen atoms in total. The average molecular weight is 407 g/mol. The number of esters is 1. The van der Waals surface area contributed by atoms with Crippen LogP contribution in [0.4, 0.5) is 0 Å². The number of nitrogens with zero attached hydrogens (tertiary/aromatic N) is 2. The molecule has 28 heavy (non-hydrogen) atoms. The molecule has 1 aromatic carbocycles. The number of rotatable bonds is 9. The highest BCUT2D eigenvalue weighted by Gasteiger charge is 2.22. The molecule has 0 saturated carbocycles. The molecule has 0 saturated heterocycles. The van der Waals surface area contributed by atoms with Crippen LogP contribution in [0.3, 0.4) is 0 Å². The number of ether oxygens (including phenoxy) is 3. The standard InChI is InChI=1S/C20H26N2O5S/c1-13(2)8-9-22(11-18-21-16(12-28-18)20(24)27-5)19(23)15-7-6-14(25-3)10-17(15)26-4/h6-7,10,12-13H,8-9,11H2,1-5H3. The lowest BCUT2D eigenvalue weighted by Gasteiger charge is -2.23. The van der Waals surface area contributed by atoms with E-state index in [-0.39, 0.29) is 11.6 Å². The van der Waals surface area contributed by atoms with Crippen molar-refractivity contribution in [2.45, 2.75) is 26.8 Å². The average Bonchev–Trinajstić information content (AvgIpc) is 3.17. The largest absolute Gasteiger partial charge is 0.497 e. The van der Waals surface area contributed by atoms with Gasteiger partial charge in [0, 0.05) is 18.0 Å². The fraction of sp³-hybridized carbons (Fsp3) is 0.450. The van der Waals surface area contributed by atoms with E-state index in [1.807, 2.05) is 0 Å². The fourth-order valence-corrected chi connectivity index (χ4v) is 3.34. The van der Waals surface area contributed by atoms with Crippen LogP contribution in [-0.4, -0.2) is 49.6 Å². The molecule has 0 bridgehead atoms. The second-order valence-electron chi connectivity index (χ2n) is 6.59. The number of benzene rings is 1. The molecule has 2 aromatic rings. The van der Waals surface area contributed by atoms with Gasteiger partial charge in [0.2, 0.25) is 0 Å². The zero-order valence-corrected chi connectivity index (χ0v) is 17.7. The lowest BCUT2D eigenvalue weighted by molar-refractivity contribution is 0.0594. The molecule has 1 amide bonds. The molecule has 0 fully saturated rings. The summed E-state index contributed by atoms with van der Waals surface area (Å²) < 4.78 is 15.3. The summed E-state index contributed by atoms with van der Waals surface area (Å²) in [5, 5.41) is 2.31. The molecule has 0 spiro atoms. The molecule has 0 aliphatic carbocycles. The minimum absolute atomic E-state index is 0.157. The Morgan fingerprint density at radius 3 is 2.54 bits per heavy atom. The lowest BCUT2D eigenvalue weighted by Crippen LogP contribution is -2.32. The SMILES string of the molecule is COC(=O)c1csc(CN(CCC(C)C)C(=O)c2ccc(OC)cc2OC)n1. The summed E-state index contributed by atoms with van der Waals surface area (Å²) in [4.78, 5) is 30.9. The van der Waals surface area contributed by atoms with Crippen LogP contribution in [0.1, 0.15) is 46.1 Å². The van der Waals surface area contributed by atoms with Gasteiger partial charge in [-0.2, -0.15) is 0 Å². The van der Waals surface area contributed by atoms with E-state index in [2.05, 4.69) is 18.8 Å². The van der Waals surface area contributed by atoms with Crippen LogP contribution < -0.4 is 9.47 Å². The minimum Gasteiger partial charge on any atom is -0.497 e. The van der Waals surface area contributed by atoms with Gasteiger partial charge < -0.3 is 19.1 Å². The van der Waals surface area contributed by atoms with E-state index in [0.29, 0.717) is 41.1 Å². The topological polar surface area (TPSA) is 78.0 Å². The number of carbonyl (C=O) groups excluding carboxylic acids is 2. The minimum atomic E-state index is -0.487.